The molecule has 2 nitrogen and oxygen atoms in total. The first-order valence-electron chi connectivity index (χ1n) is 5.17. The molecule has 0 N–H and O–H groups in total. The van der Waals surface area contributed by atoms with Crippen LogP contribution >= 0.6 is 0 Å². The Morgan fingerprint density at radius 2 is 2.07 bits per heavy atom. The van der Waals surface area contributed by atoms with Crippen molar-refractivity contribution in [2.75, 3.05) is 13.1 Å². The van der Waals surface area contributed by atoms with Gasteiger partial charge in [0.1, 0.15) is 5.82 Å². The fourth-order valence-corrected chi connectivity index (χ4v) is 1.89. The molecule has 3 heteroatoms. The van der Waals surface area contributed by atoms with Crippen molar-refractivity contribution in [1.29, 1.82) is 0 Å². The molecule has 1 aliphatic heterocycles. The molecule has 0 atom stereocenters. The van der Waals surface area contributed by atoms with Crippen molar-refractivity contribution in [2.24, 2.45) is 0 Å². The van der Waals surface area contributed by atoms with Crippen LogP contribution < -0.4 is 0 Å². The molecule has 0 saturated carbocycles. The summed E-state index contributed by atoms with van der Waals surface area (Å²) >= 11 is 0. The maximum atomic E-state index is 13.3. The van der Waals surface area contributed by atoms with Crippen molar-refractivity contribution in [3.8, 4) is 0 Å². The molecule has 76 valence electrons. The highest BCUT2D eigenvalue weighted by Crippen LogP contribution is 2.14. The SMILES string of the molecule is Fc1cnccc1CN1CCCCC1. The van der Waals surface area contributed by atoms with E-state index in [-0.39, 0.29) is 5.82 Å². The van der Waals surface area contributed by atoms with Gasteiger partial charge >= 0.3 is 0 Å². The fraction of sp³-hybridized carbons (Fsp3) is 0.545. The third-order valence-corrected chi connectivity index (χ3v) is 2.70. The number of hydrogen-bond acceptors (Lipinski definition) is 2. The fourth-order valence-electron chi connectivity index (χ4n) is 1.89. The summed E-state index contributed by atoms with van der Waals surface area (Å²) in [5, 5.41) is 0. The van der Waals surface area contributed by atoms with E-state index in [1.165, 1.54) is 25.5 Å². The van der Waals surface area contributed by atoms with E-state index in [9.17, 15) is 4.39 Å². The van der Waals surface area contributed by atoms with Gasteiger partial charge in [0.15, 0.2) is 0 Å². The number of nitrogens with zero attached hydrogens (tertiary/aromatic N) is 2. The van der Waals surface area contributed by atoms with Crippen LogP contribution in [0.3, 0.4) is 0 Å². The number of likely N-dealkylation sites (tertiary alicyclic amines) is 1. The van der Waals surface area contributed by atoms with Gasteiger partial charge in [-0.15, -0.1) is 0 Å². The quantitative estimate of drug-likeness (QED) is 0.717. The van der Waals surface area contributed by atoms with Gasteiger partial charge in [0, 0.05) is 18.3 Å². The zero-order chi connectivity index (χ0) is 9.80. The lowest BCUT2D eigenvalue weighted by molar-refractivity contribution is 0.218. The van der Waals surface area contributed by atoms with Crippen LogP contribution in [0.4, 0.5) is 4.39 Å². The van der Waals surface area contributed by atoms with Crippen molar-refractivity contribution >= 4 is 0 Å². The molecular formula is C11H15FN2. The summed E-state index contributed by atoms with van der Waals surface area (Å²) in [5.74, 6) is -0.182. The van der Waals surface area contributed by atoms with Crippen molar-refractivity contribution in [1.82, 2.24) is 9.88 Å². The van der Waals surface area contributed by atoms with Crippen LogP contribution in [-0.2, 0) is 6.54 Å². The molecule has 0 aromatic carbocycles. The second kappa shape index (κ2) is 4.51. The summed E-state index contributed by atoms with van der Waals surface area (Å²) in [7, 11) is 0. The topological polar surface area (TPSA) is 16.1 Å². The van der Waals surface area contributed by atoms with Crippen molar-refractivity contribution in [3.63, 3.8) is 0 Å². The van der Waals surface area contributed by atoms with Crippen LogP contribution in [-0.4, -0.2) is 23.0 Å². The van der Waals surface area contributed by atoms with Crippen LogP contribution in [0.15, 0.2) is 18.5 Å². The van der Waals surface area contributed by atoms with Crippen LogP contribution in [0.25, 0.3) is 0 Å². The Labute approximate surface area is 83.8 Å². The summed E-state index contributed by atoms with van der Waals surface area (Å²) in [6.07, 6.45) is 6.75. The second-order valence-electron chi connectivity index (χ2n) is 3.80. The molecule has 0 spiro atoms. The molecule has 1 aromatic heterocycles. The van der Waals surface area contributed by atoms with Gasteiger partial charge in [0.05, 0.1) is 6.20 Å². The molecule has 0 amide bonds. The summed E-state index contributed by atoms with van der Waals surface area (Å²) < 4.78 is 13.3. The van der Waals surface area contributed by atoms with E-state index in [1.54, 1.807) is 12.3 Å². The Balaban J connectivity index is 1.99. The first-order chi connectivity index (χ1) is 6.86. The van der Waals surface area contributed by atoms with Gasteiger partial charge in [-0.1, -0.05) is 6.42 Å². The summed E-state index contributed by atoms with van der Waals surface area (Å²) in [4.78, 5) is 6.05. The van der Waals surface area contributed by atoms with Crippen molar-refractivity contribution in [2.45, 2.75) is 25.8 Å². The lowest BCUT2D eigenvalue weighted by Gasteiger charge is -2.26. The van der Waals surface area contributed by atoms with E-state index in [2.05, 4.69) is 9.88 Å². The number of aromatic nitrogens is 1. The van der Waals surface area contributed by atoms with Gasteiger partial charge in [-0.2, -0.15) is 0 Å². The zero-order valence-corrected chi connectivity index (χ0v) is 8.25. The molecule has 0 unspecified atom stereocenters. The molecular weight excluding hydrogens is 179 g/mol. The second-order valence-corrected chi connectivity index (χ2v) is 3.80. The largest absolute Gasteiger partial charge is 0.299 e. The molecule has 1 aromatic rings. The molecule has 1 aliphatic rings. The van der Waals surface area contributed by atoms with E-state index in [0.717, 1.165) is 25.2 Å². The lowest BCUT2D eigenvalue weighted by atomic mass is 10.1. The molecule has 0 radical (unpaired) electrons. The van der Waals surface area contributed by atoms with E-state index in [1.807, 2.05) is 0 Å². The number of halogens is 1. The maximum absolute atomic E-state index is 13.3. The lowest BCUT2D eigenvalue weighted by Crippen LogP contribution is -2.29. The summed E-state index contributed by atoms with van der Waals surface area (Å²) in [5.41, 5.74) is 0.766. The molecule has 14 heavy (non-hydrogen) atoms. The van der Waals surface area contributed by atoms with E-state index in [4.69, 9.17) is 0 Å². The first kappa shape index (κ1) is 9.59. The molecule has 0 aliphatic carbocycles. The molecule has 1 saturated heterocycles. The van der Waals surface area contributed by atoms with Gasteiger partial charge in [-0.05, 0) is 32.0 Å². The Kier molecular flexibility index (Phi) is 3.09. The van der Waals surface area contributed by atoms with Crippen LogP contribution in [0, 0.1) is 5.82 Å². The van der Waals surface area contributed by atoms with Crippen LogP contribution in [0.1, 0.15) is 24.8 Å². The highest BCUT2D eigenvalue weighted by atomic mass is 19.1. The third kappa shape index (κ3) is 2.29. The van der Waals surface area contributed by atoms with Crippen LogP contribution in [0.5, 0.6) is 0 Å². The Bertz CT molecular complexity index is 295. The minimum absolute atomic E-state index is 0.182. The van der Waals surface area contributed by atoms with Crippen molar-refractivity contribution in [3.05, 3.63) is 29.8 Å². The van der Waals surface area contributed by atoms with Gasteiger partial charge in [-0.25, -0.2) is 4.39 Å². The number of rotatable bonds is 2. The Morgan fingerprint density at radius 1 is 1.29 bits per heavy atom. The van der Waals surface area contributed by atoms with Crippen molar-refractivity contribution < 1.29 is 4.39 Å². The highest BCUT2D eigenvalue weighted by molar-refractivity contribution is 5.12. The zero-order valence-electron chi connectivity index (χ0n) is 8.25. The van der Waals surface area contributed by atoms with Gasteiger partial charge < -0.3 is 0 Å². The average molecular weight is 194 g/mol. The number of pyridine rings is 1. The van der Waals surface area contributed by atoms with Crippen LogP contribution in [0.2, 0.25) is 0 Å². The van der Waals surface area contributed by atoms with Gasteiger partial charge in [0.25, 0.3) is 0 Å². The monoisotopic (exact) mass is 194 g/mol. The van der Waals surface area contributed by atoms with E-state index in [0.29, 0.717) is 0 Å². The Morgan fingerprint density at radius 3 is 2.79 bits per heavy atom. The maximum Gasteiger partial charge on any atom is 0.145 e. The normalized spacial score (nSPS) is 18.4. The van der Waals surface area contributed by atoms with Gasteiger partial charge in [-0.3, -0.25) is 9.88 Å². The van der Waals surface area contributed by atoms with Gasteiger partial charge in [0.2, 0.25) is 0 Å². The number of piperidine rings is 1. The Hall–Kier alpha value is -0.960. The molecule has 2 heterocycles. The summed E-state index contributed by atoms with van der Waals surface area (Å²) in [6, 6.07) is 1.77. The summed E-state index contributed by atoms with van der Waals surface area (Å²) in [6.45, 7) is 2.93. The molecule has 0 bridgehead atoms. The highest BCUT2D eigenvalue weighted by Gasteiger charge is 2.12. The third-order valence-electron chi connectivity index (χ3n) is 2.70. The minimum Gasteiger partial charge on any atom is -0.299 e. The van der Waals surface area contributed by atoms with E-state index < -0.39 is 0 Å². The predicted molar refractivity (Wildman–Crippen MR) is 53.3 cm³/mol. The predicted octanol–water partition coefficient (Wildman–Crippen LogP) is 2.21. The number of hydrogen-bond donors (Lipinski definition) is 0. The first-order valence-corrected chi connectivity index (χ1v) is 5.17. The van der Waals surface area contributed by atoms with E-state index >= 15 is 0 Å². The standard InChI is InChI=1S/C11H15FN2/c12-11-8-13-5-4-10(11)9-14-6-2-1-3-7-14/h4-5,8H,1-3,6-7,9H2. The minimum atomic E-state index is -0.182. The average Bonchev–Trinajstić information content (AvgIpc) is 2.23. The smallest absolute Gasteiger partial charge is 0.145 e. The molecule has 2 rings (SSSR count). The molecule has 1 fully saturated rings.